The van der Waals surface area contributed by atoms with Crippen molar-refractivity contribution in [3.63, 3.8) is 0 Å². The first-order chi connectivity index (χ1) is 11.0. The number of ether oxygens (including phenoxy) is 5. The van der Waals surface area contributed by atoms with Gasteiger partial charge >= 0.3 is 0 Å². The quantitative estimate of drug-likeness (QED) is 0.853. The third kappa shape index (κ3) is 2.93. The van der Waals surface area contributed by atoms with Crippen LogP contribution >= 0.6 is 0 Å². The highest BCUT2D eigenvalue weighted by Gasteiger charge is 2.50. The summed E-state index contributed by atoms with van der Waals surface area (Å²) in [5, 5.41) is 0. The van der Waals surface area contributed by atoms with Crippen LogP contribution in [0.4, 0.5) is 0 Å². The van der Waals surface area contributed by atoms with Crippen molar-refractivity contribution < 1.29 is 23.7 Å². The van der Waals surface area contributed by atoms with E-state index in [1.807, 2.05) is 6.92 Å². The largest absolute Gasteiger partial charge is 0.496 e. The summed E-state index contributed by atoms with van der Waals surface area (Å²) in [4.78, 5) is 0. The molecule has 0 amide bonds. The second kappa shape index (κ2) is 6.30. The standard InChI is InChI=1S/C18H26O5/c1-11-8-13(19-3)12-6-7-18(2,23-14(12)9-11)17-15(20-4)10-16(21-5)22-17/h8-9,15-17H,6-7,10H2,1-5H3/t15-,16-,17+,18-/m0/s1. The third-order valence-corrected chi connectivity index (χ3v) is 4.98. The Labute approximate surface area is 137 Å². The summed E-state index contributed by atoms with van der Waals surface area (Å²) in [5.74, 6) is 1.78. The van der Waals surface area contributed by atoms with Crippen molar-refractivity contribution >= 4 is 0 Å². The molecular formula is C18H26O5. The molecule has 0 aromatic heterocycles. The maximum absolute atomic E-state index is 6.41. The number of benzene rings is 1. The van der Waals surface area contributed by atoms with Gasteiger partial charge in [0.05, 0.1) is 13.2 Å². The molecule has 0 aliphatic carbocycles. The van der Waals surface area contributed by atoms with Gasteiger partial charge in [0.25, 0.3) is 0 Å². The number of hydrogen-bond acceptors (Lipinski definition) is 5. The summed E-state index contributed by atoms with van der Waals surface area (Å²) in [7, 11) is 5.08. The van der Waals surface area contributed by atoms with E-state index in [4.69, 9.17) is 23.7 Å². The normalized spacial score (nSPS) is 33.2. The molecule has 128 valence electrons. The van der Waals surface area contributed by atoms with Crippen LogP contribution in [0.15, 0.2) is 12.1 Å². The summed E-state index contributed by atoms with van der Waals surface area (Å²) in [5.41, 5.74) is 1.81. The smallest absolute Gasteiger partial charge is 0.160 e. The van der Waals surface area contributed by atoms with E-state index in [1.165, 1.54) is 0 Å². The Balaban J connectivity index is 1.89. The van der Waals surface area contributed by atoms with E-state index in [0.29, 0.717) is 0 Å². The zero-order chi connectivity index (χ0) is 16.6. The molecule has 0 radical (unpaired) electrons. The molecule has 2 aliphatic rings. The van der Waals surface area contributed by atoms with Gasteiger partial charge in [-0.25, -0.2) is 0 Å². The van der Waals surface area contributed by atoms with Gasteiger partial charge in [-0.2, -0.15) is 0 Å². The second-order valence-corrected chi connectivity index (χ2v) is 6.59. The Bertz CT molecular complexity index is 573. The summed E-state index contributed by atoms with van der Waals surface area (Å²) in [6.07, 6.45) is 2.04. The highest BCUT2D eigenvalue weighted by Crippen LogP contribution is 2.44. The first kappa shape index (κ1) is 16.6. The Morgan fingerprint density at radius 3 is 2.61 bits per heavy atom. The fourth-order valence-electron chi connectivity index (χ4n) is 3.67. The highest BCUT2D eigenvalue weighted by atomic mass is 16.7. The Morgan fingerprint density at radius 2 is 1.96 bits per heavy atom. The van der Waals surface area contributed by atoms with Crippen molar-refractivity contribution in [2.75, 3.05) is 21.3 Å². The lowest BCUT2D eigenvalue weighted by Gasteiger charge is -2.41. The van der Waals surface area contributed by atoms with E-state index in [2.05, 4.69) is 19.1 Å². The molecule has 1 aromatic rings. The molecule has 0 N–H and O–H groups in total. The summed E-state index contributed by atoms with van der Waals surface area (Å²) in [6.45, 7) is 4.14. The lowest BCUT2D eigenvalue weighted by molar-refractivity contribution is -0.171. The molecule has 5 heteroatoms. The molecule has 0 bridgehead atoms. The maximum Gasteiger partial charge on any atom is 0.160 e. The van der Waals surface area contributed by atoms with E-state index in [0.717, 1.165) is 41.9 Å². The van der Waals surface area contributed by atoms with Gasteiger partial charge in [0.2, 0.25) is 0 Å². The third-order valence-electron chi connectivity index (χ3n) is 4.98. The molecule has 4 atom stereocenters. The van der Waals surface area contributed by atoms with Crippen LogP contribution in [0.25, 0.3) is 0 Å². The van der Waals surface area contributed by atoms with Crippen LogP contribution in [0, 0.1) is 6.92 Å². The van der Waals surface area contributed by atoms with Gasteiger partial charge in [-0.15, -0.1) is 0 Å². The van der Waals surface area contributed by atoms with Crippen molar-refractivity contribution in [1.29, 1.82) is 0 Å². The summed E-state index contributed by atoms with van der Waals surface area (Å²) < 4.78 is 29.0. The lowest BCUT2D eigenvalue weighted by Crippen LogP contribution is -2.52. The molecule has 1 saturated heterocycles. The predicted octanol–water partition coefficient (Wildman–Crippen LogP) is 2.86. The molecule has 1 aromatic carbocycles. The van der Waals surface area contributed by atoms with Crippen LogP contribution in [-0.4, -0.2) is 45.4 Å². The molecule has 0 spiro atoms. The van der Waals surface area contributed by atoms with Crippen LogP contribution in [0.1, 0.15) is 30.9 Å². The Hall–Kier alpha value is -1.30. The van der Waals surface area contributed by atoms with Crippen LogP contribution in [0.3, 0.4) is 0 Å². The Morgan fingerprint density at radius 1 is 1.17 bits per heavy atom. The van der Waals surface area contributed by atoms with E-state index in [1.54, 1.807) is 21.3 Å². The van der Waals surface area contributed by atoms with Crippen LogP contribution in [-0.2, 0) is 20.6 Å². The minimum atomic E-state index is -0.445. The topological polar surface area (TPSA) is 46.2 Å². The molecule has 0 unspecified atom stereocenters. The summed E-state index contributed by atoms with van der Waals surface area (Å²) in [6, 6.07) is 4.12. The van der Waals surface area contributed by atoms with Gasteiger partial charge < -0.3 is 23.7 Å². The van der Waals surface area contributed by atoms with Gasteiger partial charge in [-0.05, 0) is 44.4 Å². The van der Waals surface area contributed by atoms with Gasteiger partial charge in [-0.3, -0.25) is 0 Å². The van der Waals surface area contributed by atoms with Gasteiger partial charge in [0, 0.05) is 26.2 Å². The highest BCUT2D eigenvalue weighted by molar-refractivity contribution is 5.49. The van der Waals surface area contributed by atoms with E-state index in [-0.39, 0.29) is 18.5 Å². The SMILES string of the molecule is COc1cc(C)cc2c1CC[C@@](C)([C@@H]1O[C@H](OC)C[C@@H]1OC)O2. The van der Waals surface area contributed by atoms with Crippen LogP contribution < -0.4 is 9.47 Å². The molecule has 0 saturated carbocycles. The van der Waals surface area contributed by atoms with E-state index >= 15 is 0 Å². The summed E-state index contributed by atoms with van der Waals surface area (Å²) >= 11 is 0. The van der Waals surface area contributed by atoms with E-state index in [9.17, 15) is 0 Å². The Kier molecular flexibility index (Phi) is 4.54. The lowest BCUT2D eigenvalue weighted by atomic mass is 9.85. The number of rotatable bonds is 4. The van der Waals surface area contributed by atoms with Crippen LogP contribution in [0.2, 0.25) is 0 Å². The number of methoxy groups -OCH3 is 3. The number of aryl methyl sites for hydroxylation is 1. The molecule has 23 heavy (non-hydrogen) atoms. The fourth-order valence-corrected chi connectivity index (χ4v) is 3.67. The zero-order valence-electron chi connectivity index (χ0n) is 14.5. The van der Waals surface area contributed by atoms with Crippen LogP contribution in [0.5, 0.6) is 11.5 Å². The molecule has 2 aliphatic heterocycles. The molecule has 5 nitrogen and oxygen atoms in total. The zero-order valence-corrected chi connectivity index (χ0v) is 14.5. The van der Waals surface area contributed by atoms with Gasteiger partial charge in [-0.1, -0.05) is 0 Å². The minimum Gasteiger partial charge on any atom is -0.496 e. The van der Waals surface area contributed by atoms with Crippen molar-refractivity contribution in [2.24, 2.45) is 0 Å². The maximum atomic E-state index is 6.41. The average molecular weight is 322 g/mol. The molecule has 2 heterocycles. The first-order valence-corrected chi connectivity index (χ1v) is 8.08. The second-order valence-electron chi connectivity index (χ2n) is 6.59. The fraction of sp³-hybridized carbons (Fsp3) is 0.667. The van der Waals surface area contributed by atoms with Crippen molar-refractivity contribution in [3.05, 3.63) is 23.3 Å². The average Bonchev–Trinajstić information content (AvgIpc) is 2.98. The predicted molar refractivity (Wildman–Crippen MR) is 86.2 cm³/mol. The monoisotopic (exact) mass is 322 g/mol. The van der Waals surface area contributed by atoms with E-state index < -0.39 is 5.60 Å². The minimum absolute atomic E-state index is 0.0294. The van der Waals surface area contributed by atoms with Crippen molar-refractivity contribution in [2.45, 2.75) is 57.2 Å². The first-order valence-electron chi connectivity index (χ1n) is 8.08. The molecule has 3 rings (SSSR count). The number of fused-ring (bicyclic) bond motifs is 1. The van der Waals surface area contributed by atoms with Crippen molar-refractivity contribution in [1.82, 2.24) is 0 Å². The van der Waals surface area contributed by atoms with Gasteiger partial charge in [0.1, 0.15) is 23.2 Å². The van der Waals surface area contributed by atoms with Crippen molar-refractivity contribution in [3.8, 4) is 11.5 Å². The molecule has 1 fully saturated rings. The number of hydrogen-bond donors (Lipinski definition) is 0. The van der Waals surface area contributed by atoms with Gasteiger partial charge in [0.15, 0.2) is 6.29 Å². The molecular weight excluding hydrogens is 296 g/mol.